The van der Waals surface area contributed by atoms with Gasteiger partial charge in [-0.25, -0.2) is 0 Å². The summed E-state index contributed by atoms with van der Waals surface area (Å²) in [7, 11) is 2.91. The van der Waals surface area contributed by atoms with E-state index in [1.807, 2.05) is 0 Å². The van der Waals surface area contributed by atoms with E-state index in [1.54, 1.807) is 13.8 Å². The molecule has 2 atom stereocenters. The van der Waals surface area contributed by atoms with Crippen molar-refractivity contribution in [3.8, 4) is 0 Å². The van der Waals surface area contributed by atoms with Gasteiger partial charge in [0.15, 0.2) is 7.59 Å². The van der Waals surface area contributed by atoms with E-state index >= 15 is 0 Å². The summed E-state index contributed by atoms with van der Waals surface area (Å²) in [5, 5.41) is 0.222. The molecule has 0 radical (unpaired) electrons. The highest BCUT2D eigenvalue weighted by molar-refractivity contribution is 6.68. The van der Waals surface area contributed by atoms with Crippen LogP contribution in [-0.4, -0.2) is 16.7 Å². The van der Waals surface area contributed by atoms with Gasteiger partial charge in [-0.3, -0.25) is 9.59 Å². The molecule has 1 aromatic rings. The lowest BCUT2D eigenvalue weighted by molar-refractivity contribution is 0.675. The standard InChI is InChI=1S/C14H16Cl6N2O2/c1-7(13(15,16)17)5-9-11(23)22(4)10(12(24)21(9)3)6-8(2)14(18,19)20/h5-8H,1-4H3/b9-5-,10-6-. The number of hydrogen-bond acceptors (Lipinski definition) is 2. The Morgan fingerprint density at radius 3 is 1.21 bits per heavy atom. The lowest BCUT2D eigenvalue weighted by Gasteiger charge is -2.17. The highest BCUT2D eigenvalue weighted by Gasteiger charge is 2.28. The van der Waals surface area contributed by atoms with E-state index in [0.29, 0.717) is 0 Å². The van der Waals surface area contributed by atoms with Crippen LogP contribution in [0.1, 0.15) is 13.8 Å². The third kappa shape index (κ3) is 5.09. The van der Waals surface area contributed by atoms with Crippen molar-refractivity contribution in [3.63, 3.8) is 0 Å². The first-order chi connectivity index (χ1) is 10.7. The van der Waals surface area contributed by atoms with Crippen LogP contribution >= 0.6 is 69.6 Å². The molecule has 0 bridgehead atoms. The number of nitrogens with zero attached hydrogens (tertiary/aromatic N) is 2. The monoisotopic (exact) mass is 454 g/mol. The molecule has 0 spiro atoms. The van der Waals surface area contributed by atoms with Crippen LogP contribution in [0.5, 0.6) is 0 Å². The van der Waals surface area contributed by atoms with Gasteiger partial charge in [0.1, 0.15) is 10.7 Å². The Morgan fingerprint density at radius 2 is 1.00 bits per heavy atom. The number of aromatic nitrogens is 2. The molecule has 0 saturated carbocycles. The predicted molar refractivity (Wildman–Crippen MR) is 104 cm³/mol. The van der Waals surface area contributed by atoms with Crippen LogP contribution in [0.3, 0.4) is 0 Å². The first-order valence-electron chi connectivity index (χ1n) is 6.81. The highest BCUT2D eigenvalue weighted by atomic mass is 35.6. The SMILES string of the molecule is CC(/C=c1/c(=O)n(C)/c(=C\C(C)C(Cl)(Cl)Cl)c(=O)n1C)C(Cl)(Cl)Cl. The van der Waals surface area contributed by atoms with Gasteiger partial charge in [-0.1, -0.05) is 83.5 Å². The van der Waals surface area contributed by atoms with Gasteiger partial charge in [0.05, 0.1) is 0 Å². The summed E-state index contributed by atoms with van der Waals surface area (Å²) in [6.45, 7) is 3.25. The van der Waals surface area contributed by atoms with E-state index in [-0.39, 0.29) is 10.7 Å². The zero-order valence-electron chi connectivity index (χ0n) is 13.3. The van der Waals surface area contributed by atoms with Crippen molar-refractivity contribution < 1.29 is 0 Å². The molecule has 0 aliphatic heterocycles. The van der Waals surface area contributed by atoms with Crippen molar-refractivity contribution in [3.05, 3.63) is 31.4 Å². The van der Waals surface area contributed by atoms with E-state index < -0.39 is 30.5 Å². The second-order valence-electron chi connectivity index (χ2n) is 5.49. The summed E-state index contributed by atoms with van der Waals surface area (Å²) in [5.74, 6) is -1.17. The second kappa shape index (κ2) is 7.81. The maximum atomic E-state index is 12.6. The van der Waals surface area contributed by atoms with Gasteiger partial charge in [0.25, 0.3) is 11.1 Å². The van der Waals surface area contributed by atoms with Gasteiger partial charge in [-0.05, 0) is 12.2 Å². The van der Waals surface area contributed by atoms with Crippen LogP contribution in [0.15, 0.2) is 9.59 Å². The van der Waals surface area contributed by atoms with E-state index in [0.717, 1.165) is 0 Å². The van der Waals surface area contributed by atoms with Gasteiger partial charge in [-0.15, -0.1) is 0 Å². The molecule has 1 aromatic heterocycles. The molecule has 10 heteroatoms. The number of halogens is 6. The molecule has 1 rings (SSSR count). The normalized spacial score (nSPS) is 17.2. The smallest absolute Gasteiger partial charge is 0.274 e. The lowest BCUT2D eigenvalue weighted by atomic mass is 10.2. The highest BCUT2D eigenvalue weighted by Crippen LogP contribution is 2.36. The van der Waals surface area contributed by atoms with Crippen LogP contribution in [0.25, 0.3) is 12.2 Å². The van der Waals surface area contributed by atoms with Crippen LogP contribution in [0.2, 0.25) is 0 Å². The van der Waals surface area contributed by atoms with E-state index in [2.05, 4.69) is 0 Å². The fourth-order valence-electron chi connectivity index (χ4n) is 1.88. The summed E-state index contributed by atoms with van der Waals surface area (Å²) < 4.78 is -0.829. The van der Waals surface area contributed by atoms with Gasteiger partial charge in [-0.2, -0.15) is 0 Å². The fraction of sp³-hybridized carbons (Fsp3) is 0.571. The largest absolute Gasteiger partial charge is 0.306 e. The Balaban J connectivity index is 3.78. The predicted octanol–water partition coefficient (Wildman–Crippen LogP) is 2.66. The maximum Gasteiger partial charge on any atom is 0.274 e. The second-order valence-corrected chi connectivity index (χ2v) is 10.2. The molecule has 136 valence electrons. The zero-order chi connectivity index (χ0) is 19.0. The molecule has 0 N–H and O–H groups in total. The minimum atomic E-state index is -1.60. The molecule has 0 aliphatic carbocycles. The molecule has 0 fully saturated rings. The average molecular weight is 457 g/mol. The molecule has 0 amide bonds. The maximum absolute atomic E-state index is 12.6. The molecule has 0 aromatic carbocycles. The van der Waals surface area contributed by atoms with Crippen LogP contribution < -0.4 is 21.8 Å². The number of rotatable bonds is 2. The van der Waals surface area contributed by atoms with E-state index in [1.165, 1.54) is 35.4 Å². The van der Waals surface area contributed by atoms with Crippen molar-refractivity contribution in [2.24, 2.45) is 25.9 Å². The van der Waals surface area contributed by atoms with Crippen LogP contribution in [0, 0.1) is 11.8 Å². The van der Waals surface area contributed by atoms with Crippen LogP contribution in [-0.2, 0) is 14.1 Å². The quantitative estimate of drug-likeness (QED) is 0.642. The summed E-state index contributed by atoms with van der Waals surface area (Å²) >= 11 is 34.9. The Hall–Kier alpha value is 0.160. The van der Waals surface area contributed by atoms with Crippen molar-refractivity contribution >= 4 is 81.8 Å². The van der Waals surface area contributed by atoms with Crippen molar-refractivity contribution in [2.45, 2.75) is 21.4 Å². The third-order valence-corrected chi connectivity index (χ3v) is 5.68. The molecule has 1 heterocycles. The van der Waals surface area contributed by atoms with Crippen molar-refractivity contribution in [2.75, 3.05) is 0 Å². The molecular weight excluding hydrogens is 441 g/mol. The van der Waals surface area contributed by atoms with Gasteiger partial charge < -0.3 is 9.13 Å². The Morgan fingerprint density at radius 1 is 0.750 bits per heavy atom. The van der Waals surface area contributed by atoms with Gasteiger partial charge in [0.2, 0.25) is 0 Å². The summed E-state index contributed by atoms with van der Waals surface area (Å²) in [5.41, 5.74) is -0.859. The Labute approximate surface area is 169 Å². The Kier molecular flexibility index (Phi) is 7.22. The third-order valence-electron chi connectivity index (χ3n) is 3.62. The lowest BCUT2D eigenvalue weighted by Crippen LogP contribution is -2.57. The molecule has 2 unspecified atom stereocenters. The van der Waals surface area contributed by atoms with Gasteiger partial charge >= 0.3 is 0 Å². The van der Waals surface area contributed by atoms with Crippen molar-refractivity contribution in [1.29, 1.82) is 0 Å². The first kappa shape index (κ1) is 22.2. The topological polar surface area (TPSA) is 44.0 Å². The molecule has 0 aliphatic rings. The van der Waals surface area contributed by atoms with E-state index in [9.17, 15) is 9.59 Å². The minimum absolute atomic E-state index is 0.111. The Bertz CT molecular complexity index is 773. The summed E-state index contributed by atoms with van der Waals surface area (Å²) in [6, 6.07) is 0. The molecule has 0 saturated heterocycles. The molecular formula is C14H16Cl6N2O2. The van der Waals surface area contributed by atoms with Gasteiger partial charge in [0, 0.05) is 25.9 Å². The first-order valence-corrected chi connectivity index (χ1v) is 9.07. The molecule has 4 nitrogen and oxygen atoms in total. The van der Waals surface area contributed by atoms with Crippen LogP contribution in [0.4, 0.5) is 0 Å². The molecule has 24 heavy (non-hydrogen) atoms. The average Bonchev–Trinajstić information content (AvgIpc) is 2.43. The van der Waals surface area contributed by atoms with E-state index in [4.69, 9.17) is 69.6 Å². The summed E-state index contributed by atoms with van der Waals surface area (Å²) in [4.78, 5) is 25.2. The zero-order valence-corrected chi connectivity index (χ0v) is 17.8. The van der Waals surface area contributed by atoms with Crippen molar-refractivity contribution in [1.82, 2.24) is 9.13 Å². The fourth-order valence-corrected chi connectivity index (χ4v) is 2.26. The minimum Gasteiger partial charge on any atom is -0.306 e. The number of alkyl halides is 6. The summed E-state index contributed by atoms with van der Waals surface area (Å²) in [6.07, 6.45) is 2.89. The number of hydrogen-bond donors (Lipinski definition) is 0.